The van der Waals surface area contributed by atoms with Crippen LogP contribution in [0.15, 0.2) is 47.5 Å². The van der Waals surface area contributed by atoms with Gasteiger partial charge in [0.05, 0.1) is 29.9 Å². The van der Waals surface area contributed by atoms with Gasteiger partial charge in [0.15, 0.2) is 0 Å². The molecule has 0 atom stereocenters. The third-order valence-electron chi connectivity index (χ3n) is 4.44. The van der Waals surface area contributed by atoms with Crippen LogP contribution in [0.1, 0.15) is 37.4 Å². The monoisotopic (exact) mass is 294 g/mol. The normalized spacial score (nSPS) is 15.6. The third kappa shape index (κ3) is 2.32. The van der Waals surface area contributed by atoms with Crippen LogP contribution in [0.3, 0.4) is 0 Å². The number of aromatic nitrogens is 4. The fraction of sp³-hybridized carbons (Fsp3) is 0.353. The number of hydrogen-bond acceptors (Lipinski definition) is 3. The van der Waals surface area contributed by atoms with Crippen molar-refractivity contribution in [2.24, 2.45) is 0 Å². The quantitative estimate of drug-likeness (QED) is 0.746. The topological polar surface area (TPSA) is 52.7 Å². The molecule has 0 spiro atoms. The Bertz CT molecular complexity index is 858. The largest absolute Gasteiger partial charge is 0.274 e. The maximum atomic E-state index is 12.5. The van der Waals surface area contributed by atoms with Gasteiger partial charge in [-0.15, -0.1) is 0 Å². The van der Waals surface area contributed by atoms with Crippen LogP contribution in [0.2, 0.25) is 0 Å². The summed E-state index contributed by atoms with van der Waals surface area (Å²) in [4.78, 5) is 12.5. The van der Waals surface area contributed by atoms with Gasteiger partial charge in [-0.3, -0.25) is 9.48 Å². The second-order valence-corrected chi connectivity index (χ2v) is 5.92. The minimum absolute atomic E-state index is 0.0616. The minimum atomic E-state index is -0.0616. The van der Waals surface area contributed by atoms with Gasteiger partial charge in [0.25, 0.3) is 5.56 Å². The molecule has 1 aliphatic rings. The second-order valence-electron chi connectivity index (χ2n) is 5.92. The van der Waals surface area contributed by atoms with Crippen molar-refractivity contribution in [2.75, 3.05) is 0 Å². The molecule has 112 valence electrons. The smallest absolute Gasteiger partial charge is 0.269 e. The standard InChI is InChI=1S/C17H18N4O/c22-17-16-8-4-1-5-13(16)11-18-21(17)12-14-9-10-20(19-14)15-6-2-3-7-15/h1,4-5,8-11,15H,2-3,6-7,12H2. The van der Waals surface area contributed by atoms with Crippen LogP contribution in [0, 0.1) is 0 Å². The van der Waals surface area contributed by atoms with Crippen molar-refractivity contribution in [1.82, 2.24) is 19.6 Å². The Morgan fingerprint density at radius 3 is 2.82 bits per heavy atom. The molecule has 5 nitrogen and oxygen atoms in total. The Kier molecular flexibility index (Phi) is 3.25. The number of rotatable bonds is 3. The fourth-order valence-corrected chi connectivity index (χ4v) is 3.23. The van der Waals surface area contributed by atoms with Crippen molar-refractivity contribution in [3.63, 3.8) is 0 Å². The van der Waals surface area contributed by atoms with Crippen molar-refractivity contribution in [3.8, 4) is 0 Å². The van der Waals surface area contributed by atoms with E-state index >= 15 is 0 Å². The Morgan fingerprint density at radius 2 is 1.95 bits per heavy atom. The second kappa shape index (κ2) is 5.40. The zero-order valence-electron chi connectivity index (χ0n) is 12.4. The first-order valence-corrected chi connectivity index (χ1v) is 7.80. The first-order chi connectivity index (χ1) is 10.8. The predicted molar refractivity (Wildman–Crippen MR) is 84.8 cm³/mol. The van der Waals surface area contributed by atoms with Crippen molar-refractivity contribution in [1.29, 1.82) is 0 Å². The molecule has 0 radical (unpaired) electrons. The van der Waals surface area contributed by atoms with E-state index in [1.54, 1.807) is 6.20 Å². The van der Waals surface area contributed by atoms with E-state index in [2.05, 4.69) is 14.9 Å². The fourth-order valence-electron chi connectivity index (χ4n) is 3.23. The molecular weight excluding hydrogens is 276 g/mol. The van der Waals surface area contributed by atoms with Crippen LogP contribution < -0.4 is 5.56 Å². The van der Waals surface area contributed by atoms with Crippen LogP contribution in [-0.2, 0) is 6.54 Å². The van der Waals surface area contributed by atoms with Gasteiger partial charge < -0.3 is 0 Å². The number of hydrogen-bond donors (Lipinski definition) is 0. The molecule has 0 saturated heterocycles. The molecule has 4 rings (SSSR count). The predicted octanol–water partition coefficient (Wildman–Crippen LogP) is 2.76. The van der Waals surface area contributed by atoms with Crippen LogP contribution in [0.5, 0.6) is 0 Å². The van der Waals surface area contributed by atoms with Crippen molar-refractivity contribution < 1.29 is 0 Å². The van der Waals surface area contributed by atoms with Gasteiger partial charge in [0.2, 0.25) is 0 Å². The van der Waals surface area contributed by atoms with E-state index in [0.717, 1.165) is 11.1 Å². The van der Waals surface area contributed by atoms with E-state index in [4.69, 9.17) is 0 Å². The van der Waals surface area contributed by atoms with Gasteiger partial charge in [-0.25, -0.2) is 4.68 Å². The van der Waals surface area contributed by atoms with E-state index in [1.807, 2.05) is 36.5 Å². The Labute approximate surface area is 128 Å². The van der Waals surface area contributed by atoms with Crippen LogP contribution in [0.25, 0.3) is 10.8 Å². The first kappa shape index (κ1) is 13.2. The summed E-state index contributed by atoms with van der Waals surface area (Å²) >= 11 is 0. The van der Waals surface area contributed by atoms with E-state index < -0.39 is 0 Å². The van der Waals surface area contributed by atoms with Gasteiger partial charge >= 0.3 is 0 Å². The number of fused-ring (bicyclic) bond motifs is 1. The van der Waals surface area contributed by atoms with Gasteiger partial charge in [-0.1, -0.05) is 31.0 Å². The molecule has 0 amide bonds. The highest BCUT2D eigenvalue weighted by Gasteiger charge is 2.17. The van der Waals surface area contributed by atoms with Crippen molar-refractivity contribution in [3.05, 3.63) is 58.8 Å². The molecule has 1 saturated carbocycles. The van der Waals surface area contributed by atoms with E-state index in [9.17, 15) is 4.79 Å². The summed E-state index contributed by atoms with van der Waals surface area (Å²) in [5.74, 6) is 0. The highest BCUT2D eigenvalue weighted by molar-refractivity contribution is 5.80. The summed E-state index contributed by atoms with van der Waals surface area (Å²) in [6.45, 7) is 0.420. The molecule has 22 heavy (non-hydrogen) atoms. The molecule has 1 aromatic carbocycles. The first-order valence-electron chi connectivity index (χ1n) is 7.80. The summed E-state index contributed by atoms with van der Waals surface area (Å²) in [6.07, 6.45) is 8.74. The highest BCUT2D eigenvalue weighted by atomic mass is 16.1. The SMILES string of the molecule is O=c1c2ccccc2cnn1Cc1ccn(C2CCCC2)n1. The lowest BCUT2D eigenvalue weighted by atomic mass is 10.2. The molecule has 0 unspecified atom stereocenters. The van der Waals surface area contributed by atoms with Gasteiger partial charge in [-0.05, 0) is 25.0 Å². The van der Waals surface area contributed by atoms with Gasteiger partial charge in [-0.2, -0.15) is 10.2 Å². The Hall–Kier alpha value is -2.43. The third-order valence-corrected chi connectivity index (χ3v) is 4.44. The van der Waals surface area contributed by atoms with Crippen LogP contribution >= 0.6 is 0 Å². The molecule has 2 aromatic heterocycles. The van der Waals surface area contributed by atoms with Crippen molar-refractivity contribution >= 4 is 10.8 Å². The lowest BCUT2D eigenvalue weighted by Crippen LogP contribution is -2.23. The van der Waals surface area contributed by atoms with E-state index in [-0.39, 0.29) is 5.56 Å². The lowest BCUT2D eigenvalue weighted by Gasteiger charge is -2.09. The maximum Gasteiger partial charge on any atom is 0.274 e. The molecule has 0 N–H and O–H groups in total. The molecular formula is C17H18N4O. The molecule has 3 aromatic rings. The average molecular weight is 294 g/mol. The Balaban J connectivity index is 1.63. The molecule has 5 heteroatoms. The molecule has 0 bridgehead atoms. The maximum absolute atomic E-state index is 12.5. The zero-order chi connectivity index (χ0) is 14.9. The summed E-state index contributed by atoms with van der Waals surface area (Å²) in [5.41, 5.74) is 0.824. The summed E-state index contributed by atoms with van der Waals surface area (Å²) in [5, 5.41) is 10.5. The summed E-state index contributed by atoms with van der Waals surface area (Å²) in [6, 6.07) is 10.0. The van der Waals surface area contributed by atoms with Gasteiger partial charge in [0.1, 0.15) is 0 Å². The van der Waals surface area contributed by atoms with Crippen molar-refractivity contribution in [2.45, 2.75) is 38.3 Å². The van der Waals surface area contributed by atoms with Gasteiger partial charge in [0, 0.05) is 11.6 Å². The molecule has 1 fully saturated rings. The lowest BCUT2D eigenvalue weighted by molar-refractivity contribution is 0.460. The van der Waals surface area contributed by atoms with E-state index in [0.29, 0.717) is 18.0 Å². The van der Waals surface area contributed by atoms with Crippen LogP contribution in [0.4, 0.5) is 0 Å². The number of benzene rings is 1. The molecule has 2 heterocycles. The zero-order valence-corrected chi connectivity index (χ0v) is 12.4. The number of nitrogens with zero attached hydrogens (tertiary/aromatic N) is 4. The average Bonchev–Trinajstić information content (AvgIpc) is 3.21. The summed E-state index contributed by atoms with van der Waals surface area (Å²) < 4.78 is 3.54. The highest BCUT2D eigenvalue weighted by Crippen LogP contribution is 2.28. The van der Waals surface area contributed by atoms with Crippen LogP contribution in [-0.4, -0.2) is 19.6 Å². The Morgan fingerprint density at radius 1 is 1.14 bits per heavy atom. The molecule has 1 aliphatic carbocycles. The molecule has 0 aliphatic heterocycles. The summed E-state index contributed by atoms with van der Waals surface area (Å²) in [7, 11) is 0. The van der Waals surface area contributed by atoms with E-state index in [1.165, 1.54) is 30.4 Å². The minimum Gasteiger partial charge on any atom is -0.269 e.